The van der Waals surface area contributed by atoms with Gasteiger partial charge in [-0.1, -0.05) is 12.1 Å². The van der Waals surface area contributed by atoms with Crippen LogP contribution in [0.25, 0.3) is 0 Å². The zero-order valence-electron chi connectivity index (χ0n) is 10.4. The summed E-state index contributed by atoms with van der Waals surface area (Å²) in [6.45, 7) is 6.18. The molecule has 0 aromatic heterocycles. The van der Waals surface area contributed by atoms with Crippen molar-refractivity contribution in [1.82, 2.24) is 4.90 Å². The van der Waals surface area contributed by atoms with Gasteiger partial charge in [-0.05, 0) is 37.5 Å². The molecule has 1 N–H and O–H groups in total. The molecule has 0 saturated carbocycles. The van der Waals surface area contributed by atoms with E-state index in [9.17, 15) is 9.90 Å². The maximum Gasteiger partial charge on any atom is 0.257 e. The Morgan fingerprint density at radius 3 is 2.82 bits per heavy atom. The molecule has 0 saturated heterocycles. The van der Waals surface area contributed by atoms with Gasteiger partial charge in [0.2, 0.25) is 0 Å². The first kappa shape index (κ1) is 13.3. The lowest BCUT2D eigenvalue weighted by molar-refractivity contribution is 0.0791. The number of allylic oxidation sites excluding steroid dienone is 1. The summed E-state index contributed by atoms with van der Waals surface area (Å²) in [5.74, 6) is -0.0999. The standard InChI is InChI=1S/C14H19NO2/c1-4-5-6-9-15(3)14(17)12-8-7-11(2)10-13(12)16/h4,7-8,10,16H,1,5-6,9H2,2-3H3. The zero-order chi connectivity index (χ0) is 12.8. The molecule has 0 aliphatic rings. The van der Waals surface area contributed by atoms with Gasteiger partial charge < -0.3 is 10.0 Å². The highest BCUT2D eigenvalue weighted by Gasteiger charge is 2.14. The summed E-state index contributed by atoms with van der Waals surface area (Å²) in [4.78, 5) is 13.6. The summed E-state index contributed by atoms with van der Waals surface area (Å²) in [5, 5.41) is 9.72. The first-order valence-electron chi connectivity index (χ1n) is 5.72. The Balaban J connectivity index is 2.71. The minimum absolute atomic E-state index is 0.0468. The van der Waals surface area contributed by atoms with Gasteiger partial charge in [-0.3, -0.25) is 4.79 Å². The van der Waals surface area contributed by atoms with E-state index in [0.717, 1.165) is 18.4 Å². The number of aromatic hydroxyl groups is 1. The Hall–Kier alpha value is -1.77. The topological polar surface area (TPSA) is 40.5 Å². The molecule has 0 radical (unpaired) electrons. The number of aryl methyl sites for hydroxylation is 1. The first-order chi connectivity index (χ1) is 8.06. The van der Waals surface area contributed by atoms with E-state index in [1.165, 1.54) is 0 Å². The van der Waals surface area contributed by atoms with E-state index in [1.54, 1.807) is 24.1 Å². The van der Waals surface area contributed by atoms with Crippen molar-refractivity contribution in [1.29, 1.82) is 0 Å². The number of amides is 1. The summed E-state index contributed by atoms with van der Waals surface area (Å²) in [6.07, 6.45) is 3.61. The van der Waals surface area contributed by atoms with Gasteiger partial charge in [-0.15, -0.1) is 6.58 Å². The molecule has 1 amide bonds. The highest BCUT2D eigenvalue weighted by molar-refractivity contribution is 5.96. The fourth-order valence-electron chi connectivity index (χ4n) is 1.60. The molecule has 1 aromatic rings. The van der Waals surface area contributed by atoms with Crippen molar-refractivity contribution in [2.45, 2.75) is 19.8 Å². The third kappa shape index (κ3) is 3.63. The predicted octanol–water partition coefficient (Wildman–Crippen LogP) is 2.74. The molecule has 0 aliphatic heterocycles. The van der Waals surface area contributed by atoms with E-state index in [4.69, 9.17) is 0 Å². The van der Waals surface area contributed by atoms with Crippen molar-refractivity contribution in [3.63, 3.8) is 0 Å². The van der Waals surface area contributed by atoms with Crippen molar-refractivity contribution >= 4 is 5.91 Å². The number of rotatable bonds is 5. The fourth-order valence-corrected chi connectivity index (χ4v) is 1.60. The number of unbranched alkanes of at least 4 members (excludes halogenated alkanes) is 1. The summed E-state index contributed by atoms with van der Waals surface area (Å²) in [5.41, 5.74) is 1.30. The second kappa shape index (κ2) is 6.09. The molecule has 0 atom stereocenters. The predicted molar refractivity (Wildman–Crippen MR) is 69.2 cm³/mol. The molecule has 0 fully saturated rings. The third-order valence-corrected chi connectivity index (χ3v) is 2.63. The normalized spacial score (nSPS) is 10.0. The number of carbonyl (C=O) groups is 1. The van der Waals surface area contributed by atoms with Crippen molar-refractivity contribution in [2.75, 3.05) is 13.6 Å². The Morgan fingerprint density at radius 2 is 2.24 bits per heavy atom. The molecule has 0 unspecified atom stereocenters. The Kier molecular flexibility index (Phi) is 4.76. The number of hydrogen-bond acceptors (Lipinski definition) is 2. The molecular formula is C14H19NO2. The quantitative estimate of drug-likeness (QED) is 0.627. The Morgan fingerprint density at radius 1 is 1.53 bits per heavy atom. The number of hydrogen-bond donors (Lipinski definition) is 1. The summed E-state index contributed by atoms with van der Waals surface area (Å²) in [6, 6.07) is 5.09. The van der Waals surface area contributed by atoms with Crippen LogP contribution in [0.15, 0.2) is 30.9 Å². The minimum atomic E-state index is -0.147. The van der Waals surface area contributed by atoms with Gasteiger partial charge in [0.25, 0.3) is 5.91 Å². The molecular weight excluding hydrogens is 214 g/mol. The highest BCUT2D eigenvalue weighted by atomic mass is 16.3. The van der Waals surface area contributed by atoms with E-state index in [0.29, 0.717) is 12.1 Å². The van der Waals surface area contributed by atoms with Crippen LogP contribution in [0.3, 0.4) is 0 Å². The summed E-state index contributed by atoms with van der Waals surface area (Å²) >= 11 is 0. The lowest BCUT2D eigenvalue weighted by Gasteiger charge is -2.17. The minimum Gasteiger partial charge on any atom is -0.507 e. The number of carbonyl (C=O) groups excluding carboxylic acids is 1. The van der Waals surface area contributed by atoms with Gasteiger partial charge >= 0.3 is 0 Å². The molecule has 1 rings (SSSR count). The summed E-state index contributed by atoms with van der Waals surface area (Å²) in [7, 11) is 1.74. The SMILES string of the molecule is C=CCCCN(C)C(=O)c1ccc(C)cc1O. The lowest BCUT2D eigenvalue weighted by Crippen LogP contribution is -2.27. The van der Waals surface area contributed by atoms with Crippen molar-refractivity contribution in [2.24, 2.45) is 0 Å². The molecule has 17 heavy (non-hydrogen) atoms. The van der Waals surface area contributed by atoms with Crippen molar-refractivity contribution < 1.29 is 9.90 Å². The van der Waals surface area contributed by atoms with Gasteiger partial charge in [-0.2, -0.15) is 0 Å². The van der Waals surface area contributed by atoms with Crippen LogP contribution in [0, 0.1) is 6.92 Å². The first-order valence-corrected chi connectivity index (χ1v) is 5.72. The molecule has 3 heteroatoms. The second-order valence-electron chi connectivity index (χ2n) is 4.18. The van der Waals surface area contributed by atoms with Gasteiger partial charge in [0.05, 0.1) is 5.56 Å². The van der Waals surface area contributed by atoms with Crippen LogP contribution in [0.4, 0.5) is 0 Å². The number of nitrogens with zero attached hydrogens (tertiary/aromatic N) is 1. The molecule has 0 spiro atoms. The van der Waals surface area contributed by atoms with Crippen LogP contribution >= 0.6 is 0 Å². The van der Waals surface area contributed by atoms with E-state index in [1.807, 2.05) is 19.1 Å². The molecule has 92 valence electrons. The van der Waals surface area contributed by atoms with Gasteiger partial charge in [0, 0.05) is 13.6 Å². The fraction of sp³-hybridized carbons (Fsp3) is 0.357. The molecule has 0 heterocycles. The second-order valence-corrected chi connectivity index (χ2v) is 4.18. The van der Waals surface area contributed by atoms with Crippen molar-refractivity contribution in [3.8, 4) is 5.75 Å². The molecule has 0 bridgehead atoms. The summed E-state index contributed by atoms with van der Waals surface area (Å²) < 4.78 is 0. The maximum absolute atomic E-state index is 12.0. The van der Waals surface area contributed by atoms with Crippen LogP contribution in [-0.2, 0) is 0 Å². The van der Waals surface area contributed by atoms with E-state index >= 15 is 0 Å². The van der Waals surface area contributed by atoms with Crippen LogP contribution in [0.5, 0.6) is 5.75 Å². The van der Waals surface area contributed by atoms with Crippen LogP contribution < -0.4 is 0 Å². The molecule has 0 aliphatic carbocycles. The average Bonchev–Trinajstić information content (AvgIpc) is 2.28. The smallest absolute Gasteiger partial charge is 0.257 e. The van der Waals surface area contributed by atoms with E-state index in [-0.39, 0.29) is 11.7 Å². The molecule has 3 nitrogen and oxygen atoms in total. The number of phenolic OH excluding ortho intramolecular Hbond substituents is 1. The highest BCUT2D eigenvalue weighted by Crippen LogP contribution is 2.19. The Bertz CT molecular complexity index is 413. The van der Waals surface area contributed by atoms with Crippen LogP contribution in [0.1, 0.15) is 28.8 Å². The number of benzene rings is 1. The van der Waals surface area contributed by atoms with E-state index < -0.39 is 0 Å². The largest absolute Gasteiger partial charge is 0.507 e. The van der Waals surface area contributed by atoms with Gasteiger partial charge in [-0.25, -0.2) is 0 Å². The van der Waals surface area contributed by atoms with Gasteiger partial charge in [0.1, 0.15) is 5.75 Å². The number of phenols is 1. The van der Waals surface area contributed by atoms with Gasteiger partial charge in [0.15, 0.2) is 0 Å². The van der Waals surface area contributed by atoms with E-state index in [2.05, 4.69) is 6.58 Å². The zero-order valence-corrected chi connectivity index (χ0v) is 10.4. The maximum atomic E-state index is 12.0. The van der Waals surface area contributed by atoms with Crippen molar-refractivity contribution in [3.05, 3.63) is 42.0 Å². The van der Waals surface area contributed by atoms with Crippen LogP contribution in [-0.4, -0.2) is 29.5 Å². The lowest BCUT2D eigenvalue weighted by atomic mass is 10.1. The average molecular weight is 233 g/mol. The third-order valence-electron chi connectivity index (χ3n) is 2.63. The monoisotopic (exact) mass is 233 g/mol. The Labute approximate surface area is 102 Å². The van der Waals surface area contributed by atoms with Crippen LogP contribution in [0.2, 0.25) is 0 Å². The molecule has 1 aromatic carbocycles.